The minimum absolute atomic E-state index is 0.150. The summed E-state index contributed by atoms with van der Waals surface area (Å²) in [7, 11) is 0. The van der Waals surface area contributed by atoms with Crippen LogP contribution in [0.1, 0.15) is 0 Å². The van der Waals surface area contributed by atoms with Crippen LogP contribution in [-0.4, -0.2) is 10.2 Å². The highest BCUT2D eigenvalue weighted by molar-refractivity contribution is 5.63. The fourth-order valence-corrected chi connectivity index (χ4v) is 0.577. The Hall–Kier alpha value is -1.58. The first-order valence-corrected chi connectivity index (χ1v) is 2.60. The Labute approximate surface area is 57.7 Å². The molecule has 0 aromatic heterocycles. The molecule has 4 N–H and O–H groups in total. The van der Waals surface area contributed by atoms with Crippen molar-refractivity contribution < 1.29 is 10.2 Å². The molecular formula is C6H6N2O2. The van der Waals surface area contributed by atoms with Gasteiger partial charge in [-0.15, -0.1) is 0 Å². The molecule has 2 radical (unpaired) electrons. The van der Waals surface area contributed by atoms with Crippen LogP contribution in [0.25, 0.3) is 0 Å². The first kappa shape index (κ1) is 6.54. The summed E-state index contributed by atoms with van der Waals surface area (Å²) in [5.41, 5.74) is 13.7. The van der Waals surface area contributed by atoms with Crippen molar-refractivity contribution in [1.82, 2.24) is 11.5 Å². The fraction of sp³-hybridized carbons (Fsp3) is 0. The van der Waals surface area contributed by atoms with Crippen LogP contribution >= 0.6 is 0 Å². The molecule has 0 unspecified atom stereocenters. The monoisotopic (exact) mass is 138 g/mol. The second kappa shape index (κ2) is 1.98. The molecule has 0 aliphatic rings. The van der Waals surface area contributed by atoms with Crippen molar-refractivity contribution in [3.8, 4) is 11.5 Å². The first-order chi connectivity index (χ1) is 4.61. The molecule has 0 atom stereocenters. The van der Waals surface area contributed by atoms with E-state index in [0.29, 0.717) is 0 Å². The van der Waals surface area contributed by atoms with Crippen LogP contribution in [-0.2, 0) is 0 Å². The van der Waals surface area contributed by atoms with E-state index in [9.17, 15) is 0 Å². The number of rotatable bonds is 0. The van der Waals surface area contributed by atoms with E-state index >= 15 is 0 Å². The van der Waals surface area contributed by atoms with Crippen molar-refractivity contribution in [2.45, 2.75) is 0 Å². The van der Waals surface area contributed by atoms with Crippen molar-refractivity contribution in [2.24, 2.45) is 0 Å². The van der Waals surface area contributed by atoms with E-state index in [1.807, 2.05) is 0 Å². The highest BCUT2D eigenvalue weighted by atomic mass is 16.3. The van der Waals surface area contributed by atoms with Crippen LogP contribution in [0, 0.1) is 0 Å². The fourth-order valence-electron chi connectivity index (χ4n) is 0.577. The van der Waals surface area contributed by atoms with Crippen molar-refractivity contribution in [2.75, 3.05) is 0 Å². The zero-order valence-electron chi connectivity index (χ0n) is 5.05. The molecule has 10 heavy (non-hydrogen) atoms. The lowest BCUT2D eigenvalue weighted by Gasteiger charge is -1.99. The average Bonchev–Trinajstić information content (AvgIpc) is 1.84. The van der Waals surface area contributed by atoms with Crippen LogP contribution in [0.4, 0.5) is 11.4 Å². The molecule has 0 spiro atoms. The van der Waals surface area contributed by atoms with Gasteiger partial charge in [0, 0.05) is 6.07 Å². The van der Waals surface area contributed by atoms with Gasteiger partial charge < -0.3 is 10.2 Å². The highest BCUT2D eigenvalue weighted by Gasteiger charge is 2.02. The molecule has 0 saturated carbocycles. The lowest BCUT2D eigenvalue weighted by atomic mass is 10.2. The quantitative estimate of drug-likeness (QED) is 0.412. The molecule has 0 bridgehead atoms. The molecule has 0 fully saturated rings. The summed E-state index contributed by atoms with van der Waals surface area (Å²) < 4.78 is 0. The van der Waals surface area contributed by atoms with Gasteiger partial charge in [0.1, 0.15) is 11.5 Å². The van der Waals surface area contributed by atoms with Gasteiger partial charge in [-0.25, -0.2) is 0 Å². The van der Waals surface area contributed by atoms with Gasteiger partial charge >= 0.3 is 0 Å². The number of phenols is 2. The Morgan fingerprint density at radius 3 is 1.60 bits per heavy atom. The topological polar surface area (TPSA) is 88.1 Å². The summed E-state index contributed by atoms with van der Waals surface area (Å²) in [6.07, 6.45) is 0. The van der Waals surface area contributed by atoms with Gasteiger partial charge in [-0.1, -0.05) is 0 Å². The van der Waals surface area contributed by atoms with Gasteiger partial charge in [0.2, 0.25) is 0 Å². The number of phenolic OH excluding ortho intramolecular Hbond substituents is 2. The molecule has 4 heteroatoms. The van der Waals surface area contributed by atoms with Crippen LogP contribution in [0.2, 0.25) is 0 Å². The van der Waals surface area contributed by atoms with Crippen molar-refractivity contribution in [3.05, 3.63) is 12.1 Å². The van der Waals surface area contributed by atoms with Gasteiger partial charge in [0.15, 0.2) is 0 Å². The highest BCUT2D eigenvalue weighted by Crippen LogP contribution is 2.32. The molecule has 0 aliphatic heterocycles. The van der Waals surface area contributed by atoms with E-state index in [4.69, 9.17) is 21.7 Å². The molecule has 1 aromatic carbocycles. The minimum atomic E-state index is -0.312. The predicted molar refractivity (Wildman–Crippen MR) is 35.3 cm³/mol. The van der Waals surface area contributed by atoms with E-state index in [1.165, 1.54) is 0 Å². The normalized spacial score (nSPS) is 9.60. The lowest BCUT2D eigenvalue weighted by molar-refractivity contribution is 0.452. The number of benzene rings is 1. The summed E-state index contributed by atoms with van der Waals surface area (Å²) >= 11 is 0. The Balaban J connectivity index is 3.28. The Morgan fingerprint density at radius 1 is 0.900 bits per heavy atom. The predicted octanol–water partition coefficient (Wildman–Crippen LogP) is 0.927. The van der Waals surface area contributed by atoms with E-state index < -0.39 is 0 Å². The minimum Gasteiger partial charge on any atom is -0.506 e. The maximum absolute atomic E-state index is 8.79. The summed E-state index contributed by atoms with van der Waals surface area (Å²) in [6.45, 7) is 0. The standard InChI is InChI=1S/C6H6N2O2/c7-3-1-4(8)6(10)2-5(3)9/h1-2,7-10H. The van der Waals surface area contributed by atoms with Crippen molar-refractivity contribution in [3.63, 3.8) is 0 Å². The van der Waals surface area contributed by atoms with Crippen LogP contribution in [0.15, 0.2) is 12.1 Å². The SMILES string of the molecule is [NH]c1cc([NH])c(O)cc1O. The molecule has 0 saturated heterocycles. The zero-order chi connectivity index (χ0) is 7.72. The Morgan fingerprint density at radius 2 is 1.30 bits per heavy atom. The molecule has 0 aliphatic carbocycles. The molecule has 1 rings (SSSR count). The average molecular weight is 138 g/mol. The van der Waals surface area contributed by atoms with E-state index in [0.717, 1.165) is 12.1 Å². The molecule has 52 valence electrons. The maximum atomic E-state index is 8.79. The number of nitrogens with one attached hydrogen (secondary N) is 2. The Kier molecular flexibility index (Phi) is 1.30. The number of hydrogen-bond acceptors (Lipinski definition) is 2. The summed E-state index contributed by atoms with van der Waals surface area (Å²) in [6, 6.07) is 2.05. The molecule has 0 heterocycles. The van der Waals surface area contributed by atoms with Gasteiger partial charge in [0.25, 0.3) is 0 Å². The van der Waals surface area contributed by atoms with Crippen LogP contribution < -0.4 is 11.5 Å². The number of hydrogen-bond donors (Lipinski definition) is 2. The molecule has 4 nitrogen and oxygen atoms in total. The first-order valence-electron chi connectivity index (χ1n) is 2.60. The molecular weight excluding hydrogens is 132 g/mol. The second-order valence-electron chi connectivity index (χ2n) is 1.89. The third-order valence-electron chi connectivity index (χ3n) is 1.11. The lowest BCUT2D eigenvalue weighted by Crippen LogP contribution is -1.75. The second-order valence-corrected chi connectivity index (χ2v) is 1.89. The molecule has 0 amide bonds. The largest absolute Gasteiger partial charge is 0.506 e. The van der Waals surface area contributed by atoms with Gasteiger partial charge in [-0.2, -0.15) is 0 Å². The van der Waals surface area contributed by atoms with E-state index in [2.05, 4.69) is 0 Å². The van der Waals surface area contributed by atoms with Crippen molar-refractivity contribution >= 4 is 11.4 Å². The van der Waals surface area contributed by atoms with Gasteiger partial charge in [-0.3, -0.25) is 11.5 Å². The van der Waals surface area contributed by atoms with Gasteiger partial charge in [0.05, 0.1) is 11.4 Å². The van der Waals surface area contributed by atoms with Gasteiger partial charge in [-0.05, 0) is 6.07 Å². The van der Waals surface area contributed by atoms with Crippen LogP contribution in [0.5, 0.6) is 11.5 Å². The van der Waals surface area contributed by atoms with E-state index in [-0.39, 0.29) is 22.9 Å². The van der Waals surface area contributed by atoms with E-state index in [1.54, 1.807) is 0 Å². The third-order valence-corrected chi connectivity index (χ3v) is 1.11. The third kappa shape index (κ3) is 0.907. The van der Waals surface area contributed by atoms with Crippen molar-refractivity contribution in [1.29, 1.82) is 0 Å². The number of aromatic hydroxyl groups is 2. The Bertz CT molecular complexity index is 210. The van der Waals surface area contributed by atoms with Crippen LogP contribution in [0.3, 0.4) is 0 Å². The summed E-state index contributed by atoms with van der Waals surface area (Å²) in [5.74, 6) is -0.623. The summed E-state index contributed by atoms with van der Waals surface area (Å²) in [5, 5.41) is 17.6. The maximum Gasteiger partial charge on any atom is 0.144 e. The molecule has 1 aromatic rings. The summed E-state index contributed by atoms with van der Waals surface area (Å²) in [4.78, 5) is 0. The zero-order valence-corrected chi connectivity index (χ0v) is 5.05. The smallest absolute Gasteiger partial charge is 0.144 e.